The fourth-order valence-electron chi connectivity index (χ4n) is 3.76. The van der Waals surface area contributed by atoms with E-state index in [0.29, 0.717) is 36.4 Å². The molecule has 2 aromatic heterocycles. The van der Waals surface area contributed by atoms with Crippen molar-refractivity contribution in [3.05, 3.63) is 48.5 Å². The smallest absolute Gasteiger partial charge is 0.227 e. The van der Waals surface area contributed by atoms with Gasteiger partial charge in [-0.25, -0.2) is 15.0 Å². The number of aromatic nitrogens is 4. The van der Waals surface area contributed by atoms with Crippen molar-refractivity contribution in [2.75, 3.05) is 18.1 Å². The molecule has 1 unspecified atom stereocenters. The van der Waals surface area contributed by atoms with E-state index in [0.717, 1.165) is 5.56 Å². The van der Waals surface area contributed by atoms with Gasteiger partial charge in [0, 0.05) is 13.0 Å². The van der Waals surface area contributed by atoms with E-state index in [2.05, 4.69) is 15.0 Å². The molecule has 4 rings (SSSR count). The first-order valence-corrected chi connectivity index (χ1v) is 10.2. The average Bonchev–Trinajstić information content (AvgIpc) is 3.35. The van der Waals surface area contributed by atoms with E-state index in [-0.39, 0.29) is 5.91 Å². The van der Waals surface area contributed by atoms with Crippen LogP contribution in [0.3, 0.4) is 0 Å². The number of aliphatic hydroxyl groups excluding tert-OH is 3. The molecule has 1 amide bonds. The molecule has 3 N–H and O–H groups in total. The second-order valence-corrected chi connectivity index (χ2v) is 7.38. The molecule has 164 valence electrons. The predicted octanol–water partition coefficient (Wildman–Crippen LogP) is 0.423. The van der Waals surface area contributed by atoms with Gasteiger partial charge in [-0.2, -0.15) is 0 Å². The standard InChI is InChI=1S/C21H25N5O5/c1-2-15(28)25(9-8-13-6-4-3-5-7-13)19-16-20(23-11-22-19)26(12-24-16)21-18(30)17(29)14(10-27)31-21/h3-7,11-12,14,17-18,21,27,29-30H,2,8-10H2,1H3/t14-,17-,18-,21?/m1/s1. The minimum Gasteiger partial charge on any atom is -0.394 e. The normalized spacial score (nSPS) is 23.4. The molecule has 1 aliphatic heterocycles. The molecule has 1 saturated heterocycles. The van der Waals surface area contributed by atoms with E-state index in [1.165, 1.54) is 17.2 Å². The van der Waals surface area contributed by atoms with Crippen LogP contribution in [-0.2, 0) is 16.0 Å². The van der Waals surface area contributed by atoms with Gasteiger partial charge in [0.1, 0.15) is 24.6 Å². The number of hydrogen-bond acceptors (Lipinski definition) is 8. The molecule has 0 spiro atoms. The minimum absolute atomic E-state index is 0.0987. The molecular weight excluding hydrogens is 402 g/mol. The third-order valence-corrected chi connectivity index (χ3v) is 5.46. The highest BCUT2D eigenvalue weighted by Crippen LogP contribution is 2.32. The number of benzene rings is 1. The zero-order valence-electron chi connectivity index (χ0n) is 17.1. The van der Waals surface area contributed by atoms with Gasteiger partial charge in [0.25, 0.3) is 0 Å². The van der Waals surface area contributed by atoms with Gasteiger partial charge in [0.15, 0.2) is 23.2 Å². The van der Waals surface area contributed by atoms with Crippen molar-refractivity contribution in [3.63, 3.8) is 0 Å². The van der Waals surface area contributed by atoms with Crippen LogP contribution in [0, 0.1) is 0 Å². The van der Waals surface area contributed by atoms with E-state index in [9.17, 15) is 20.1 Å². The summed E-state index contributed by atoms with van der Waals surface area (Å²) >= 11 is 0. The maximum Gasteiger partial charge on any atom is 0.227 e. The summed E-state index contributed by atoms with van der Waals surface area (Å²) in [4.78, 5) is 27.3. The molecule has 0 aliphatic carbocycles. The summed E-state index contributed by atoms with van der Waals surface area (Å²) in [7, 11) is 0. The first-order valence-electron chi connectivity index (χ1n) is 10.2. The number of hydrogen-bond donors (Lipinski definition) is 3. The van der Waals surface area contributed by atoms with Crippen LogP contribution in [0.15, 0.2) is 43.0 Å². The minimum atomic E-state index is -1.26. The van der Waals surface area contributed by atoms with Crippen LogP contribution in [0.2, 0.25) is 0 Å². The van der Waals surface area contributed by atoms with Crippen LogP contribution >= 0.6 is 0 Å². The zero-order valence-corrected chi connectivity index (χ0v) is 17.1. The molecule has 0 saturated carbocycles. The van der Waals surface area contributed by atoms with Crippen molar-refractivity contribution < 1.29 is 24.9 Å². The number of nitrogens with zero attached hydrogens (tertiary/aromatic N) is 5. The average molecular weight is 427 g/mol. The number of anilines is 1. The van der Waals surface area contributed by atoms with E-state index >= 15 is 0 Å². The first-order chi connectivity index (χ1) is 15.0. The van der Waals surface area contributed by atoms with Crippen LogP contribution in [0.4, 0.5) is 5.82 Å². The molecule has 3 aromatic rings. The Morgan fingerprint density at radius 2 is 1.94 bits per heavy atom. The molecule has 3 heterocycles. The Morgan fingerprint density at radius 1 is 1.16 bits per heavy atom. The molecule has 1 aliphatic rings. The molecule has 4 atom stereocenters. The van der Waals surface area contributed by atoms with Crippen molar-refractivity contribution >= 4 is 22.9 Å². The molecular formula is C21H25N5O5. The SMILES string of the molecule is CCC(=O)N(CCc1ccccc1)c1ncnc2c1ncn2C1O[C@H](CO)[C@@H](O)[C@H]1O. The summed E-state index contributed by atoms with van der Waals surface area (Å²) < 4.78 is 7.08. The van der Waals surface area contributed by atoms with E-state index in [1.807, 2.05) is 30.3 Å². The van der Waals surface area contributed by atoms with Crippen LogP contribution in [0.25, 0.3) is 11.2 Å². The van der Waals surface area contributed by atoms with Crippen LogP contribution in [0.5, 0.6) is 0 Å². The fourth-order valence-corrected chi connectivity index (χ4v) is 3.76. The van der Waals surface area contributed by atoms with Gasteiger partial charge in [0.05, 0.1) is 12.9 Å². The van der Waals surface area contributed by atoms with E-state index in [1.54, 1.807) is 11.8 Å². The van der Waals surface area contributed by atoms with Gasteiger partial charge in [-0.1, -0.05) is 37.3 Å². The van der Waals surface area contributed by atoms with Crippen LogP contribution < -0.4 is 4.90 Å². The summed E-state index contributed by atoms with van der Waals surface area (Å²) in [5, 5.41) is 29.8. The second-order valence-electron chi connectivity index (χ2n) is 7.38. The van der Waals surface area contributed by atoms with Gasteiger partial charge in [-0.3, -0.25) is 14.3 Å². The number of rotatable bonds is 7. The van der Waals surface area contributed by atoms with Crippen molar-refractivity contribution in [3.8, 4) is 0 Å². The Hall–Kier alpha value is -2.92. The molecule has 10 nitrogen and oxygen atoms in total. The Kier molecular flexibility index (Phi) is 6.23. The summed E-state index contributed by atoms with van der Waals surface area (Å²) in [6.45, 7) is 1.78. The van der Waals surface area contributed by atoms with E-state index in [4.69, 9.17) is 4.74 Å². The fraction of sp³-hybridized carbons (Fsp3) is 0.429. The van der Waals surface area contributed by atoms with Crippen molar-refractivity contribution in [1.82, 2.24) is 19.5 Å². The number of imidazole rings is 1. The molecule has 0 radical (unpaired) electrons. The van der Waals surface area contributed by atoms with Gasteiger partial charge in [-0.15, -0.1) is 0 Å². The monoisotopic (exact) mass is 427 g/mol. The summed E-state index contributed by atoms with van der Waals surface area (Å²) in [6.07, 6.45) is -0.687. The quantitative estimate of drug-likeness (QED) is 0.494. The maximum atomic E-state index is 12.7. The molecule has 31 heavy (non-hydrogen) atoms. The molecule has 0 bridgehead atoms. The Morgan fingerprint density at radius 3 is 2.61 bits per heavy atom. The number of ether oxygens (including phenoxy) is 1. The molecule has 1 aromatic carbocycles. The van der Waals surface area contributed by atoms with Crippen molar-refractivity contribution in [2.24, 2.45) is 0 Å². The van der Waals surface area contributed by atoms with Gasteiger partial charge >= 0.3 is 0 Å². The highest BCUT2D eigenvalue weighted by molar-refractivity contribution is 5.98. The number of carbonyl (C=O) groups excluding carboxylic acids is 1. The number of fused-ring (bicyclic) bond motifs is 1. The highest BCUT2D eigenvalue weighted by atomic mass is 16.6. The van der Waals surface area contributed by atoms with Crippen LogP contribution in [0.1, 0.15) is 25.1 Å². The Balaban J connectivity index is 1.67. The lowest BCUT2D eigenvalue weighted by Gasteiger charge is -2.22. The summed E-state index contributed by atoms with van der Waals surface area (Å²) in [5.74, 6) is 0.275. The largest absolute Gasteiger partial charge is 0.394 e. The third-order valence-electron chi connectivity index (χ3n) is 5.46. The Labute approximate surface area is 178 Å². The van der Waals surface area contributed by atoms with Crippen LogP contribution in [-0.4, -0.2) is 72.2 Å². The number of amides is 1. The first kappa shape index (κ1) is 21.3. The van der Waals surface area contributed by atoms with Gasteiger partial charge in [-0.05, 0) is 12.0 Å². The number of aliphatic hydroxyl groups is 3. The maximum absolute atomic E-state index is 12.7. The Bertz CT molecular complexity index is 1040. The van der Waals surface area contributed by atoms with E-state index < -0.39 is 31.1 Å². The third kappa shape index (κ3) is 4.02. The molecule has 10 heteroatoms. The predicted molar refractivity (Wildman–Crippen MR) is 111 cm³/mol. The summed E-state index contributed by atoms with van der Waals surface area (Å²) in [6, 6.07) is 9.85. The van der Waals surface area contributed by atoms with Gasteiger partial charge < -0.3 is 20.1 Å². The lowest BCUT2D eigenvalue weighted by molar-refractivity contribution is -0.118. The number of carbonyl (C=O) groups is 1. The highest BCUT2D eigenvalue weighted by Gasteiger charge is 2.44. The topological polar surface area (TPSA) is 134 Å². The second kappa shape index (κ2) is 9.06. The lowest BCUT2D eigenvalue weighted by atomic mass is 10.1. The van der Waals surface area contributed by atoms with Crippen molar-refractivity contribution in [2.45, 2.75) is 44.3 Å². The lowest BCUT2D eigenvalue weighted by Crippen LogP contribution is -2.33. The molecule has 1 fully saturated rings. The summed E-state index contributed by atoms with van der Waals surface area (Å²) in [5.41, 5.74) is 1.84. The van der Waals surface area contributed by atoms with Gasteiger partial charge in [0.2, 0.25) is 5.91 Å². The van der Waals surface area contributed by atoms with Crippen molar-refractivity contribution in [1.29, 1.82) is 0 Å². The zero-order chi connectivity index (χ0) is 22.0.